The van der Waals surface area contributed by atoms with Crippen molar-refractivity contribution in [3.05, 3.63) is 41.1 Å². The lowest BCUT2D eigenvalue weighted by Crippen LogP contribution is -2.10. The summed E-state index contributed by atoms with van der Waals surface area (Å²) in [5.74, 6) is 0.641. The third-order valence-electron chi connectivity index (χ3n) is 4.44. The zero-order valence-corrected chi connectivity index (χ0v) is 15.5. The van der Waals surface area contributed by atoms with E-state index in [9.17, 15) is 0 Å². The first-order chi connectivity index (χ1) is 12.0. The average Bonchev–Trinajstić information content (AvgIpc) is 3.14. The number of hydrogen-bond acceptors (Lipinski definition) is 5. The van der Waals surface area contributed by atoms with Crippen LogP contribution in [0.4, 0.5) is 5.95 Å². The van der Waals surface area contributed by atoms with Gasteiger partial charge in [0, 0.05) is 43.8 Å². The molecule has 0 amide bonds. The Balaban J connectivity index is 1.71. The van der Waals surface area contributed by atoms with Crippen molar-refractivity contribution in [2.75, 3.05) is 11.9 Å². The molecule has 0 aliphatic carbocycles. The van der Waals surface area contributed by atoms with Crippen LogP contribution < -0.4 is 5.32 Å². The van der Waals surface area contributed by atoms with E-state index in [1.54, 1.807) is 4.68 Å². The van der Waals surface area contributed by atoms with Gasteiger partial charge < -0.3 is 5.32 Å². The number of aromatic nitrogens is 6. The van der Waals surface area contributed by atoms with Crippen molar-refractivity contribution in [1.82, 2.24) is 29.5 Å². The van der Waals surface area contributed by atoms with Crippen LogP contribution in [0.25, 0.3) is 11.3 Å². The highest BCUT2D eigenvalue weighted by atomic mass is 15.3. The molecule has 3 heterocycles. The summed E-state index contributed by atoms with van der Waals surface area (Å²) in [6.07, 6.45) is 6.54. The van der Waals surface area contributed by atoms with E-state index >= 15 is 0 Å². The smallest absolute Gasteiger partial charge is 0.223 e. The lowest BCUT2D eigenvalue weighted by Gasteiger charge is -2.08. The minimum atomic E-state index is 0.641. The molecule has 0 radical (unpaired) electrons. The summed E-state index contributed by atoms with van der Waals surface area (Å²) in [7, 11) is 1.90. The number of nitrogens with zero attached hydrogens (tertiary/aromatic N) is 6. The molecule has 25 heavy (non-hydrogen) atoms. The maximum Gasteiger partial charge on any atom is 0.223 e. The minimum absolute atomic E-state index is 0.641. The molecule has 0 atom stereocenters. The fourth-order valence-corrected chi connectivity index (χ4v) is 3.07. The Morgan fingerprint density at radius 2 is 1.96 bits per heavy atom. The molecule has 3 aromatic rings. The molecule has 0 saturated heterocycles. The predicted octanol–water partition coefficient (Wildman–Crippen LogP) is 2.67. The lowest BCUT2D eigenvalue weighted by atomic mass is 10.1. The number of nitrogens with one attached hydrogen (secondary N) is 1. The summed E-state index contributed by atoms with van der Waals surface area (Å²) in [4.78, 5) is 9.06. The summed E-state index contributed by atoms with van der Waals surface area (Å²) in [6, 6.07) is 0. The van der Waals surface area contributed by atoms with E-state index in [0.717, 1.165) is 42.0 Å². The van der Waals surface area contributed by atoms with Crippen LogP contribution in [0.15, 0.2) is 18.6 Å². The maximum absolute atomic E-state index is 4.66. The molecular weight excluding hydrogens is 314 g/mol. The Hall–Kier alpha value is -2.70. The van der Waals surface area contributed by atoms with Gasteiger partial charge in [0.2, 0.25) is 5.95 Å². The van der Waals surface area contributed by atoms with Crippen molar-refractivity contribution < 1.29 is 0 Å². The van der Waals surface area contributed by atoms with Gasteiger partial charge in [-0.3, -0.25) is 9.36 Å². The number of anilines is 1. The first kappa shape index (κ1) is 17.1. The Morgan fingerprint density at radius 1 is 1.16 bits per heavy atom. The van der Waals surface area contributed by atoms with Crippen molar-refractivity contribution in [3.8, 4) is 11.3 Å². The molecule has 132 valence electrons. The molecule has 0 aromatic carbocycles. The van der Waals surface area contributed by atoms with Crippen molar-refractivity contribution >= 4 is 5.95 Å². The zero-order valence-electron chi connectivity index (χ0n) is 15.5. The standard InChI is InChI=1S/C18H25N7/c1-6-25-14(4)16(13(3)23-25)7-8-19-18-20-9-12(2)17(22-18)15-10-21-24(5)11-15/h9-11H,6-8H2,1-5H3,(H,19,20,22). The van der Waals surface area contributed by atoms with E-state index in [1.807, 2.05) is 37.2 Å². The van der Waals surface area contributed by atoms with E-state index in [0.29, 0.717) is 5.95 Å². The summed E-state index contributed by atoms with van der Waals surface area (Å²) >= 11 is 0. The van der Waals surface area contributed by atoms with Gasteiger partial charge in [-0.05, 0) is 45.2 Å². The molecule has 0 aliphatic rings. The SMILES string of the molecule is CCn1nc(C)c(CCNc2ncc(C)c(-c3cnn(C)c3)n2)c1C. The summed E-state index contributed by atoms with van der Waals surface area (Å²) < 4.78 is 3.83. The molecule has 0 fully saturated rings. The van der Waals surface area contributed by atoms with Crippen LogP contribution in [-0.4, -0.2) is 36.1 Å². The van der Waals surface area contributed by atoms with Crippen LogP contribution >= 0.6 is 0 Å². The van der Waals surface area contributed by atoms with Gasteiger partial charge in [-0.15, -0.1) is 0 Å². The van der Waals surface area contributed by atoms with Crippen LogP contribution in [0.2, 0.25) is 0 Å². The van der Waals surface area contributed by atoms with Gasteiger partial charge in [-0.1, -0.05) is 0 Å². The van der Waals surface area contributed by atoms with E-state index < -0.39 is 0 Å². The summed E-state index contributed by atoms with van der Waals surface area (Å²) in [5.41, 5.74) is 6.59. The highest BCUT2D eigenvalue weighted by Gasteiger charge is 2.11. The Kier molecular flexibility index (Phi) is 4.83. The molecule has 0 unspecified atom stereocenters. The highest BCUT2D eigenvalue weighted by molar-refractivity contribution is 5.62. The molecule has 1 N–H and O–H groups in total. The van der Waals surface area contributed by atoms with Gasteiger partial charge >= 0.3 is 0 Å². The van der Waals surface area contributed by atoms with Gasteiger partial charge in [0.25, 0.3) is 0 Å². The van der Waals surface area contributed by atoms with E-state index in [2.05, 4.69) is 46.3 Å². The molecule has 3 aromatic heterocycles. The minimum Gasteiger partial charge on any atom is -0.354 e. The monoisotopic (exact) mass is 339 g/mol. The first-order valence-electron chi connectivity index (χ1n) is 8.59. The summed E-state index contributed by atoms with van der Waals surface area (Å²) in [6.45, 7) is 9.99. The van der Waals surface area contributed by atoms with Crippen LogP contribution in [0.1, 0.15) is 29.4 Å². The van der Waals surface area contributed by atoms with E-state index in [4.69, 9.17) is 0 Å². The second-order valence-electron chi connectivity index (χ2n) is 6.27. The van der Waals surface area contributed by atoms with Gasteiger partial charge in [-0.25, -0.2) is 9.97 Å². The third kappa shape index (κ3) is 3.55. The molecular formula is C18H25N7. The van der Waals surface area contributed by atoms with Crippen molar-refractivity contribution in [1.29, 1.82) is 0 Å². The molecule has 7 nitrogen and oxygen atoms in total. The van der Waals surface area contributed by atoms with Crippen LogP contribution in [-0.2, 0) is 20.0 Å². The topological polar surface area (TPSA) is 73.5 Å². The zero-order chi connectivity index (χ0) is 18.0. The summed E-state index contributed by atoms with van der Waals surface area (Å²) in [5, 5.41) is 12.1. The Morgan fingerprint density at radius 3 is 2.60 bits per heavy atom. The fourth-order valence-electron chi connectivity index (χ4n) is 3.07. The average molecular weight is 339 g/mol. The molecule has 7 heteroatoms. The molecule has 3 rings (SSSR count). The second-order valence-corrected chi connectivity index (χ2v) is 6.27. The highest BCUT2D eigenvalue weighted by Crippen LogP contribution is 2.21. The van der Waals surface area contributed by atoms with Crippen molar-refractivity contribution in [2.45, 2.75) is 40.7 Å². The van der Waals surface area contributed by atoms with E-state index in [1.165, 1.54) is 11.3 Å². The Labute approximate surface area is 148 Å². The number of aryl methyl sites for hydroxylation is 4. The fraction of sp³-hybridized carbons (Fsp3) is 0.444. The second kappa shape index (κ2) is 7.04. The number of hydrogen-bond donors (Lipinski definition) is 1. The predicted molar refractivity (Wildman–Crippen MR) is 98.5 cm³/mol. The molecule has 0 saturated carbocycles. The largest absolute Gasteiger partial charge is 0.354 e. The molecule has 0 bridgehead atoms. The van der Waals surface area contributed by atoms with Crippen molar-refractivity contribution in [2.24, 2.45) is 7.05 Å². The normalized spacial score (nSPS) is 11.1. The molecule has 0 aliphatic heterocycles. The quantitative estimate of drug-likeness (QED) is 0.747. The number of rotatable bonds is 6. The maximum atomic E-state index is 4.66. The van der Waals surface area contributed by atoms with Crippen LogP contribution in [0.3, 0.4) is 0 Å². The van der Waals surface area contributed by atoms with Gasteiger partial charge in [0.1, 0.15) is 0 Å². The van der Waals surface area contributed by atoms with E-state index in [-0.39, 0.29) is 0 Å². The van der Waals surface area contributed by atoms with Gasteiger partial charge in [-0.2, -0.15) is 10.2 Å². The van der Waals surface area contributed by atoms with Crippen LogP contribution in [0, 0.1) is 20.8 Å². The third-order valence-corrected chi connectivity index (χ3v) is 4.44. The lowest BCUT2D eigenvalue weighted by molar-refractivity contribution is 0.633. The van der Waals surface area contributed by atoms with Gasteiger partial charge in [0.15, 0.2) is 0 Å². The molecule has 0 spiro atoms. The van der Waals surface area contributed by atoms with Gasteiger partial charge in [0.05, 0.1) is 17.6 Å². The Bertz CT molecular complexity index is 876. The first-order valence-corrected chi connectivity index (χ1v) is 8.59. The van der Waals surface area contributed by atoms with Crippen LogP contribution in [0.5, 0.6) is 0 Å². The van der Waals surface area contributed by atoms with Crippen molar-refractivity contribution in [3.63, 3.8) is 0 Å².